The highest BCUT2D eigenvalue weighted by Crippen LogP contribution is 2.26. The number of phenolic OH excluding ortho intramolecular Hbond substituents is 1. The standard InChI is InChI=1S/C18H27NO4/c1-13(22-16-9-5-8-15(20)12-16)11-14-7-6-10-19(14)17(21)23-18(2,3)4/h5,8-9,12-14,20H,6-7,10-11H2,1-4H3. The molecule has 128 valence electrons. The van der Waals surface area contributed by atoms with E-state index in [1.54, 1.807) is 18.2 Å². The summed E-state index contributed by atoms with van der Waals surface area (Å²) in [5, 5.41) is 9.48. The molecule has 0 radical (unpaired) electrons. The molecule has 2 rings (SSSR count). The van der Waals surface area contributed by atoms with Crippen LogP contribution in [0.5, 0.6) is 11.5 Å². The monoisotopic (exact) mass is 321 g/mol. The quantitative estimate of drug-likeness (QED) is 0.912. The minimum Gasteiger partial charge on any atom is -0.508 e. The zero-order chi connectivity index (χ0) is 17.0. The van der Waals surface area contributed by atoms with Gasteiger partial charge < -0.3 is 19.5 Å². The molecule has 1 aromatic rings. The van der Waals surface area contributed by atoms with Crippen LogP contribution in [0.2, 0.25) is 0 Å². The summed E-state index contributed by atoms with van der Waals surface area (Å²) in [6.45, 7) is 8.35. The lowest BCUT2D eigenvalue weighted by molar-refractivity contribution is 0.0194. The fourth-order valence-corrected chi connectivity index (χ4v) is 2.86. The molecule has 1 N–H and O–H groups in total. The number of hydrogen-bond acceptors (Lipinski definition) is 4. The van der Waals surface area contributed by atoms with Crippen molar-refractivity contribution in [1.82, 2.24) is 4.90 Å². The van der Waals surface area contributed by atoms with Crippen molar-refractivity contribution in [2.75, 3.05) is 6.54 Å². The lowest BCUT2D eigenvalue weighted by Gasteiger charge is -2.30. The van der Waals surface area contributed by atoms with Crippen molar-refractivity contribution in [1.29, 1.82) is 0 Å². The van der Waals surface area contributed by atoms with E-state index in [4.69, 9.17) is 9.47 Å². The van der Waals surface area contributed by atoms with Crippen molar-refractivity contribution in [3.05, 3.63) is 24.3 Å². The molecule has 5 nitrogen and oxygen atoms in total. The molecule has 1 amide bonds. The predicted octanol–water partition coefficient (Wildman–Crippen LogP) is 3.95. The number of aromatic hydroxyl groups is 1. The molecular weight excluding hydrogens is 294 g/mol. The van der Waals surface area contributed by atoms with Gasteiger partial charge in [0.1, 0.15) is 17.1 Å². The molecule has 1 aliphatic rings. The highest BCUT2D eigenvalue weighted by molar-refractivity contribution is 5.68. The molecule has 1 saturated heterocycles. The smallest absolute Gasteiger partial charge is 0.410 e. The summed E-state index contributed by atoms with van der Waals surface area (Å²) in [4.78, 5) is 14.1. The Labute approximate surface area is 138 Å². The van der Waals surface area contributed by atoms with Gasteiger partial charge in [0.25, 0.3) is 0 Å². The SMILES string of the molecule is CC(CC1CCCN1C(=O)OC(C)(C)C)Oc1cccc(O)c1. The van der Waals surface area contributed by atoms with Gasteiger partial charge in [-0.15, -0.1) is 0 Å². The van der Waals surface area contributed by atoms with Crippen LogP contribution in [0.4, 0.5) is 4.79 Å². The third-order valence-electron chi connectivity index (χ3n) is 3.76. The molecule has 0 spiro atoms. The van der Waals surface area contributed by atoms with E-state index in [1.165, 1.54) is 0 Å². The molecule has 0 aromatic heterocycles. The minimum atomic E-state index is -0.478. The summed E-state index contributed by atoms with van der Waals surface area (Å²) in [7, 11) is 0. The average Bonchev–Trinajstić information content (AvgIpc) is 2.84. The van der Waals surface area contributed by atoms with E-state index in [9.17, 15) is 9.90 Å². The minimum absolute atomic E-state index is 0.0511. The predicted molar refractivity (Wildman–Crippen MR) is 88.8 cm³/mol. The van der Waals surface area contributed by atoms with Gasteiger partial charge in [-0.2, -0.15) is 0 Å². The highest BCUT2D eigenvalue weighted by atomic mass is 16.6. The summed E-state index contributed by atoms with van der Waals surface area (Å²) < 4.78 is 11.3. The third-order valence-corrected chi connectivity index (χ3v) is 3.76. The number of likely N-dealkylation sites (tertiary alicyclic amines) is 1. The van der Waals surface area contributed by atoms with Crippen molar-refractivity contribution in [3.63, 3.8) is 0 Å². The van der Waals surface area contributed by atoms with Crippen molar-refractivity contribution in [2.24, 2.45) is 0 Å². The first-order valence-corrected chi connectivity index (χ1v) is 8.20. The van der Waals surface area contributed by atoms with Crippen LogP contribution in [-0.2, 0) is 4.74 Å². The fourth-order valence-electron chi connectivity index (χ4n) is 2.86. The number of phenols is 1. The van der Waals surface area contributed by atoms with Gasteiger partial charge in [-0.05, 0) is 52.7 Å². The normalized spacial score (nSPS) is 19.5. The number of rotatable bonds is 4. The van der Waals surface area contributed by atoms with Crippen LogP contribution in [0, 0.1) is 0 Å². The molecule has 2 atom stereocenters. The van der Waals surface area contributed by atoms with Crippen LogP contribution in [-0.4, -0.2) is 40.4 Å². The van der Waals surface area contributed by atoms with Gasteiger partial charge in [-0.25, -0.2) is 4.79 Å². The second-order valence-electron chi connectivity index (χ2n) is 7.13. The Morgan fingerprint density at radius 3 is 2.83 bits per heavy atom. The summed E-state index contributed by atoms with van der Waals surface area (Å²) in [5.74, 6) is 0.824. The van der Waals surface area contributed by atoms with E-state index in [0.29, 0.717) is 5.75 Å². The first-order valence-electron chi connectivity index (χ1n) is 8.20. The maximum atomic E-state index is 12.3. The van der Waals surface area contributed by atoms with E-state index in [2.05, 4.69) is 0 Å². The van der Waals surface area contributed by atoms with E-state index in [0.717, 1.165) is 25.8 Å². The van der Waals surface area contributed by atoms with Crippen LogP contribution in [0.15, 0.2) is 24.3 Å². The number of carbonyl (C=O) groups excluding carboxylic acids is 1. The first kappa shape index (κ1) is 17.4. The number of amides is 1. The number of nitrogens with zero attached hydrogens (tertiary/aromatic N) is 1. The summed E-state index contributed by atoms with van der Waals surface area (Å²) in [5.41, 5.74) is -0.478. The molecule has 0 aliphatic carbocycles. The van der Waals surface area contributed by atoms with Gasteiger partial charge in [-0.3, -0.25) is 0 Å². The number of carbonyl (C=O) groups is 1. The van der Waals surface area contributed by atoms with Gasteiger partial charge in [-0.1, -0.05) is 6.07 Å². The largest absolute Gasteiger partial charge is 0.508 e. The first-order chi connectivity index (χ1) is 10.7. The van der Waals surface area contributed by atoms with Gasteiger partial charge in [0.05, 0.1) is 6.10 Å². The zero-order valence-electron chi connectivity index (χ0n) is 14.4. The van der Waals surface area contributed by atoms with Gasteiger partial charge in [0.15, 0.2) is 0 Å². The molecule has 5 heteroatoms. The van der Waals surface area contributed by atoms with E-state index < -0.39 is 5.60 Å². The lowest BCUT2D eigenvalue weighted by atomic mass is 10.1. The molecule has 23 heavy (non-hydrogen) atoms. The molecular formula is C18H27NO4. The molecule has 0 bridgehead atoms. The van der Waals surface area contributed by atoms with E-state index >= 15 is 0 Å². The molecule has 1 fully saturated rings. The van der Waals surface area contributed by atoms with Gasteiger partial charge in [0.2, 0.25) is 0 Å². The number of ether oxygens (including phenoxy) is 2. The molecule has 2 unspecified atom stereocenters. The van der Waals surface area contributed by atoms with Crippen molar-refractivity contribution >= 4 is 6.09 Å². The van der Waals surface area contributed by atoms with Crippen LogP contribution in [0.1, 0.15) is 47.0 Å². The van der Waals surface area contributed by atoms with Crippen molar-refractivity contribution < 1.29 is 19.4 Å². The van der Waals surface area contributed by atoms with Crippen LogP contribution in [0.3, 0.4) is 0 Å². The Morgan fingerprint density at radius 2 is 2.17 bits per heavy atom. The molecule has 1 heterocycles. The lowest BCUT2D eigenvalue weighted by Crippen LogP contribution is -2.41. The third kappa shape index (κ3) is 5.34. The maximum absolute atomic E-state index is 12.3. The van der Waals surface area contributed by atoms with Gasteiger partial charge >= 0.3 is 6.09 Å². The second kappa shape index (κ2) is 7.11. The Bertz CT molecular complexity index is 538. The number of hydrogen-bond donors (Lipinski definition) is 1. The van der Waals surface area contributed by atoms with Gasteiger partial charge in [0, 0.05) is 25.1 Å². The Hall–Kier alpha value is -1.91. The van der Waals surface area contributed by atoms with Crippen LogP contribution < -0.4 is 4.74 Å². The second-order valence-corrected chi connectivity index (χ2v) is 7.13. The summed E-state index contributed by atoms with van der Waals surface area (Å²) in [6, 6.07) is 6.91. The Balaban J connectivity index is 1.91. The Kier molecular flexibility index (Phi) is 5.39. The number of benzene rings is 1. The van der Waals surface area contributed by atoms with E-state index in [-0.39, 0.29) is 24.0 Å². The van der Waals surface area contributed by atoms with E-state index in [1.807, 2.05) is 38.7 Å². The van der Waals surface area contributed by atoms with Crippen molar-refractivity contribution in [2.45, 2.75) is 64.7 Å². The van der Waals surface area contributed by atoms with Crippen LogP contribution in [0.25, 0.3) is 0 Å². The topological polar surface area (TPSA) is 59.0 Å². The average molecular weight is 321 g/mol. The molecule has 1 aromatic carbocycles. The fraction of sp³-hybridized carbons (Fsp3) is 0.611. The van der Waals surface area contributed by atoms with Crippen LogP contribution >= 0.6 is 0 Å². The van der Waals surface area contributed by atoms with Crippen molar-refractivity contribution in [3.8, 4) is 11.5 Å². The zero-order valence-corrected chi connectivity index (χ0v) is 14.4. The Morgan fingerprint density at radius 1 is 1.43 bits per heavy atom. The summed E-state index contributed by atoms with van der Waals surface area (Å²) >= 11 is 0. The highest BCUT2D eigenvalue weighted by Gasteiger charge is 2.33. The summed E-state index contributed by atoms with van der Waals surface area (Å²) in [6.07, 6.45) is 2.40. The molecule has 0 saturated carbocycles. The maximum Gasteiger partial charge on any atom is 0.410 e. The molecule has 1 aliphatic heterocycles.